The third kappa shape index (κ3) is 7.46. The molecule has 0 fully saturated rings. The van der Waals surface area contributed by atoms with Crippen LogP contribution in [0.1, 0.15) is 27.7 Å². The molecule has 1 amide bonds. The summed E-state index contributed by atoms with van der Waals surface area (Å²) in [4.78, 5) is 31.4. The Morgan fingerprint density at radius 3 is 2.37 bits per heavy atom. The topological polar surface area (TPSA) is 82.8 Å². The zero-order valence-corrected chi connectivity index (χ0v) is 25.1. The van der Waals surface area contributed by atoms with Crippen LogP contribution in [0.4, 0.5) is 10.1 Å². The Balaban J connectivity index is 1.37. The lowest BCUT2D eigenvalue weighted by molar-refractivity contribution is -0.115. The van der Waals surface area contributed by atoms with E-state index in [1.807, 2.05) is 29.6 Å². The number of aromatic nitrogens is 1. The Labute approximate surface area is 261 Å². The molecule has 0 saturated carbocycles. The van der Waals surface area contributed by atoms with E-state index in [0.29, 0.717) is 38.1 Å². The second-order valence-electron chi connectivity index (χ2n) is 9.40. The zero-order chi connectivity index (χ0) is 30.3. The van der Waals surface area contributed by atoms with Crippen molar-refractivity contribution in [3.63, 3.8) is 0 Å². The normalized spacial score (nSPS) is 11.7. The molecule has 0 radical (unpaired) electrons. The lowest BCUT2D eigenvalue weighted by Crippen LogP contribution is -2.22. The summed E-state index contributed by atoms with van der Waals surface area (Å²) in [6, 6.07) is 27.5. The van der Waals surface area contributed by atoms with Gasteiger partial charge < -0.3 is 5.32 Å². The minimum absolute atomic E-state index is 0.136. The number of nitrogens with one attached hydrogen (secondary N) is 1. The summed E-state index contributed by atoms with van der Waals surface area (Å²) in [5, 5.41) is 15.3. The fraction of sp³-hybridized carbons (Fsp3) is 0.0588. The van der Waals surface area contributed by atoms with Gasteiger partial charge in [0.05, 0.1) is 16.5 Å². The molecular weight excluding hydrogens is 601 g/mol. The van der Waals surface area contributed by atoms with Crippen LogP contribution >= 0.6 is 34.7 Å². The Kier molecular flexibility index (Phi) is 9.48. The van der Waals surface area contributed by atoms with Crippen molar-refractivity contribution in [1.29, 1.82) is 5.26 Å². The maximum atomic E-state index is 13.7. The van der Waals surface area contributed by atoms with E-state index in [1.54, 1.807) is 78.9 Å². The molecule has 2 heterocycles. The highest BCUT2D eigenvalue weighted by molar-refractivity contribution is 8.00. The number of nitriles is 1. The Morgan fingerprint density at radius 2 is 1.72 bits per heavy atom. The average molecular weight is 624 g/mol. The number of carbonyl (C=O) groups is 2. The van der Waals surface area contributed by atoms with E-state index in [2.05, 4.69) is 11.4 Å². The van der Waals surface area contributed by atoms with Crippen LogP contribution in [-0.2, 0) is 4.79 Å². The summed E-state index contributed by atoms with van der Waals surface area (Å²) in [6.45, 7) is 1.72. The molecule has 0 spiro atoms. The number of thiophene rings is 1. The molecule has 1 N–H and O–H groups in total. The third-order valence-electron chi connectivity index (χ3n) is 6.43. The minimum Gasteiger partial charge on any atom is -0.325 e. The summed E-state index contributed by atoms with van der Waals surface area (Å²) < 4.78 is 13.7. The van der Waals surface area contributed by atoms with Gasteiger partial charge in [-0.15, -0.1) is 11.3 Å². The molecule has 1 unspecified atom stereocenters. The van der Waals surface area contributed by atoms with Crippen molar-refractivity contribution >= 4 is 58.2 Å². The third-order valence-corrected chi connectivity index (χ3v) is 8.61. The first-order chi connectivity index (χ1) is 20.8. The van der Waals surface area contributed by atoms with Gasteiger partial charge in [-0.2, -0.15) is 5.26 Å². The largest absolute Gasteiger partial charge is 0.325 e. The van der Waals surface area contributed by atoms with Crippen molar-refractivity contribution in [3.8, 4) is 28.5 Å². The number of hydrogen-bond donors (Lipinski definition) is 1. The molecule has 5 rings (SSSR count). The van der Waals surface area contributed by atoms with E-state index in [4.69, 9.17) is 16.6 Å². The second-order valence-corrected chi connectivity index (χ2v) is 12.1. The smallest absolute Gasteiger partial charge is 0.237 e. The molecule has 3 aromatic carbocycles. The van der Waals surface area contributed by atoms with Crippen molar-refractivity contribution in [3.05, 3.63) is 129 Å². The van der Waals surface area contributed by atoms with Crippen LogP contribution in [0.2, 0.25) is 5.02 Å². The standard InChI is InChI=1S/C34H23ClFN3O2S2/c1-21(33(41)38-27-14-8-24(9-15-27)32(40)17-16-28-3-2-18-42-28)43-34-30(20-37)29(22-6-12-26(36)13-7-22)19-31(39-34)23-4-10-25(35)11-5-23/h2-19,21H,1H3,(H,38,41). The van der Waals surface area contributed by atoms with E-state index in [9.17, 15) is 19.2 Å². The highest BCUT2D eigenvalue weighted by Crippen LogP contribution is 2.36. The molecule has 212 valence electrons. The van der Waals surface area contributed by atoms with Crippen molar-refractivity contribution < 1.29 is 14.0 Å². The van der Waals surface area contributed by atoms with Gasteiger partial charge in [0.1, 0.15) is 16.9 Å². The van der Waals surface area contributed by atoms with Gasteiger partial charge in [-0.05, 0) is 90.7 Å². The number of amides is 1. The fourth-order valence-corrected chi connectivity index (χ4v) is 5.83. The molecule has 5 nitrogen and oxygen atoms in total. The van der Waals surface area contributed by atoms with Crippen LogP contribution in [0.25, 0.3) is 28.5 Å². The van der Waals surface area contributed by atoms with E-state index in [0.717, 1.165) is 22.2 Å². The molecule has 0 saturated heterocycles. The maximum absolute atomic E-state index is 13.7. The summed E-state index contributed by atoms with van der Waals surface area (Å²) in [6.07, 6.45) is 3.30. The number of hydrogen-bond acceptors (Lipinski definition) is 6. The predicted molar refractivity (Wildman–Crippen MR) is 173 cm³/mol. The first-order valence-corrected chi connectivity index (χ1v) is 15.2. The number of nitrogens with zero attached hydrogens (tertiary/aromatic N) is 2. The van der Waals surface area contributed by atoms with Crippen molar-refractivity contribution in [1.82, 2.24) is 4.98 Å². The Morgan fingerprint density at radius 1 is 1.02 bits per heavy atom. The summed E-state index contributed by atoms with van der Waals surface area (Å²) in [5.74, 6) is -0.822. The second kappa shape index (κ2) is 13.6. The molecule has 9 heteroatoms. The van der Waals surface area contributed by atoms with Gasteiger partial charge >= 0.3 is 0 Å². The fourth-order valence-electron chi connectivity index (χ4n) is 4.16. The van der Waals surface area contributed by atoms with E-state index < -0.39 is 5.25 Å². The summed E-state index contributed by atoms with van der Waals surface area (Å²) in [5.41, 5.74) is 3.90. The number of carbonyl (C=O) groups excluding carboxylic acids is 2. The van der Waals surface area contributed by atoms with E-state index in [-0.39, 0.29) is 23.1 Å². The van der Waals surface area contributed by atoms with Crippen LogP contribution in [0.3, 0.4) is 0 Å². The molecule has 0 aliphatic carbocycles. The number of allylic oxidation sites excluding steroid dienone is 1. The minimum atomic E-state index is -0.629. The molecule has 0 aliphatic rings. The summed E-state index contributed by atoms with van der Waals surface area (Å²) >= 11 is 8.78. The van der Waals surface area contributed by atoms with Crippen molar-refractivity contribution in [2.75, 3.05) is 5.32 Å². The predicted octanol–water partition coefficient (Wildman–Crippen LogP) is 9.16. The number of anilines is 1. The summed E-state index contributed by atoms with van der Waals surface area (Å²) in [7, 11) is 0. The number of thioether (sulfide) groups is 1. The van der Waals surface area contributed by atoms with Gasteiger partial charge in [-0.25, -0.2) is 9.37 Å². The van der Waals surface area contributed by atoms with Gasteiger partial charge in [0.15, 0.2) is 5.78 Å². The van der Waals surface area contributed by atoms with Crippen LogP contribution in [0, 0.1) is 17.1 Å². The first-order valence-electron chi connectivity index (χ1n) is 13.1. The maximum Gasteiger partial charge on any atom is 0.237 e. The average Bonchev–Trinajstić information content (AvgIpc) is 3.54. The number of benzene rings is 3. The highest BCUT2D eigenvalue weighted by atomic mass is 35.5. The van der Waals surface area contributed by atoms with E-state index in [1.165, 1.54) is 18.2 Å². The van der Waals surface area contributed by atoms with Gasteiger partial charge in [0, 0.05) is 32.3 Å². The number of ketones is 1. The molecule has 2 aromatic heterocycles. The Bertz CT molecular complexity index is 1830. The molecule has 0 aliphatic heterocycles. The van der Waals surface area contributed by atoms with Crippen LogP contribution in [-0.4, -0.2) is 21.9 Å². The SMILES string of the molecule is CC(Sc1nc(-c2ccc(Cl)cc2)cc(-c2ccc(F)cc2)c1C#N)C(=O)Nc1ccc(C(=O)C=Cc2cccs2)cc1. The van der Waals surface area contributed by atoms with Gasteiger partial charge in [0.25, 0.3) is 0 Å². The first kappa shape index (κ1) is 29.9. The van der Waals surface area contributed by atoms with Crippen molar-refractivity contribution in [2.45, 2.75) is 17.2 Å². The van der Waals surface area contributed by atoms with E-state index >= 15 is 0 Å². The highest BCUT2D eigenvalue weighted by Gasteiger charge is 2.22. The molecule has 43 heavy (non-hydrogen) atoms. The van der Waals surface area contributed by atoms with Gasteiger partial charge in [-0.3, -0.25) is 9.59 Å². The van der Waals surface area contributed by atoms with Crippen LogP contribution in [0.15, 0.2) is 107 Å². The molecular formula is C34H23ClFN3O2S2. The number of rotatable bonds is 9. The lowest BCUT2D eigenvalue weighted by Gasteiger charge is -2.16. The lowest BCUT2D eigenvalue weighted by atomic mass is 9.99. The van der Waals surface area contributed by atoms with Gasteiger partial charge in [0.2, 0.25) is 5.91 Å². The quantitative estimate of drug-likeness (QED) is 0.101. The van der Waals surface area contributed by atoms with Crippen LogP contribution in [0.5, 0.6) is 0 Å². The number of pyridine rings is 1. The Hall–Kier alpha value is -4.55. The molecule has 1 atom stereocenters. The monoisotopic (exact) mass is 623 g/mol. The molecule has 5 aromatic rings. The van der Waals surface area contributed by atoms with Crippen LogP contribution < -0.4 is 5.32 Å². The zero-order valence-electron chi connectivity index (χ0n) is 22.8. The molecule has 0 bridgehead atoms. The van der Waals surface area contributed by atoms with Crippen molar-refractivity contribution in [2.24, 2.45) is 0 Å². The van der Waals surface area contributed by atoms with Gasteiger partial charge in [-0.1, -0.05) is 53.7 Å². The number of halogens is 2.